The summed E-state index contributed by atoms with van der Waals surface area (Å²) >= 11 is 0. The lowest BCUT2D eigenvalue weighted by Crippen LogP contribution is -2.42. The summed E-state index contributed by atoms with van der Waals surface area (Å²) in [5.74, 6) is 0.229. The zero-order valence-corrected chi connectivity index (χ0v) is 19.4. The number of nitrogens with zero attached hydrogens (tertiary/aromatic N) is 3. The Hall–Kier alpha value is -1.64. The van der Waals surface area contributed by atoms with Gasteiger partial charge >= 0.3 is 0 Å². The highest BCUT2D eigenvalue weighted by molar-refractivity contribution is 7.89. The molecule has 7 nitrogen and oxygen atoms in total. The Morgan fingerprint density at radius 3 is 2.32 bits per heavy atom. The van der Waals surface area contributed by atoms with Crippen LogP contribution >= 0.6 is 0 Å². The molecule has 1 unspecified atom stereocenters. The number of benzene rings is 1. The molecule has 4 rings (SSSR count). The Bertz CT molecular complexity index is 875. The second-order valence-corrected chi connectivity index (χ2v) is 10.9. The molecule has 172 valence electrons. The van der Waals surface area contributed by atoms with E-state index >= 15 is 0 Å². The van der Waals surface area contributed by atoms with Crippen molar-refractivity contribution in [2.75, 3.05) is 46.4 Å². The molecule has 31 heavy (non-hydrogen) atoms. The van der Waals surface area contributed by atoms with E-state index in [1.807, 2.05) is 4.90 Å². The van der Waals surface area contributed by atoms with Gasteiger partial charge in [-0.25, -0.2) is 8.42 Å². The summed E-state index contributed by atoms with van der Waals surface area (Å²) in [4.78, 5) is 17.9. The van der Waals surface area contributed by atoms with Crippen LogP contribution in [-0.2, 0) is 10.0 Å². The van der Waals surface area contributed by atoms with Gasteiger partial charge in [-0.3, -0.25) is 4.79 Å². The van der Waals surface area contributed by atoms with Crippen molar-refractivity contribution in [2.45, 2.75) is 62.3 Å². The lowest BCUT2D eigenvalue weighted by atomic mass is 10.1. The number of hydrogen-bond donors (Lipinski definition) is 0. The number of sulfonamides is 1. The highest BCUT2D eigenvalue weighted by atomic mass is 32.2. The van der Waals surface area contributed by atoms with Crippen LogP contribution in [0.15, 0.2) is 23.1 Å². The maximum absolute atomic E-state index is 13.4. The zero-order valence-electron chi connectivity index (χ0n) is 18.6. The third-order valence-electron chi connectivity index (χ3n) is 6.90. The Labute approximate surface area is 186 Å². The molecule has 0 bridgehead atoms. The lowest BCUT2D eigenvalue weighted by Gasteiger charge is -2.29. The van der Waals surface area contributed by atoms with E-state index in [1.165, 1.54) is 26.0 Å². The maximum atomic E-state index is 13.4. The van der Waals surface area contributed by atoms with Crippen molar-refractivity contribution in [3.05, 3.63) is 23.8 Å². The van der Waals surface area contributed by atoms with Crippen LogP contribution in [0.2, 0.25) is 0 Å². The fraction of sp³-hybridized carbons (Fsp3) is 0.696. The first-order valence-corrected chi connectivity index (χ1v) is 13.2. The van der Waals surface area contributed by atoms with Crippen molar-refractivity contribution in [3.8, 4) is 5.75 Å². The molecule has 1 atom stereocenters. The van der Waals surface area contributed by atoms with E-state index in [9.17, 15) is 13.2 Å². The molecule has 3 aliphatic heterocycles. The van der Waals surface area contributed by atoms with Crippen molar-refractivity contribution >= 4 is 15.9 Å². The van der Waals surface area contributed by atoms with E-state index in [2.05, 4.69) is 4.90 Å². The third-order valence-corrected chi connectivity index (χ3v) is 8.82. The third kappa shape index (κ3) is 4.91. The quantitative estimate of drug-likeness (QED) is 0.668. The van der Waals surface area contributed by atoms with Crippen LogP contribution in [0.5, 0.6) is 5.75 Å². The smallest absolute Gasteiger partial charge is 0.254 e. The molecular formula is C23H35N3O4S. The van der Waals surface area contributed by atoms with E-state index < -0.39 is 10.0 Å². The largest absolute Gasteiger partial charge is 0.495 e. The van der Waals surface area contributed by atoms with Crippen LogP contribution in [0.3, 0.4) is 0 Å². The van der Waals surface area contributed by atoms with E-state index in [-0.39, 0.29) is 16.8 Å². The van der Waals surface area contributed by atoms with Gasteiger partial charge in [-0.05, 0) is 69.8 Å². The molecule has 3 heterocycles. The SMILES string of the molecule is COc1ccc(C(=O)N2CCCC2CN2CCCC2)cc1S(=O)(=O)N1CCCCCC1. The van der Waals surface area contributed by atoms with Crippen LogP contribution in [0.25, 0.3) is 0 Å². The molecule has 0 N–H and O–H groups in total. The number of likely N-dealkylation sites (tertiary alicyclic amines) is 2. The highest BCUT2D eigenvalue weighted by Crippen LogP contribution is 2.31. The summed E-state index contributed by atoms with van der Waals surface area (Å²) in [6.07, 6.45) is 8.31. The lowest BCUT2D eigenvalue weighted by molar-refractivity contribution is 0.0708. The first-order chi connectivity index (χ1) is 15.0. The Balaban J connectivity index is 1.58. The van der Waals surface area contributed by atoms with Crippen molar-refractivity contribution in [1.82, 2.24) is 14.1 Å². The summed E-state index contributed by atoms with van der Waals surface area (Å²) < 4.78 is 33.8. The molecule has 1 aromatic carbocycles. The van der Waals surface area contributed by atoms with Crippen molar-refractivity contribution in [3.63, 3.8) is 0 Å². The van der Waals surface area contributed by atoms with Crippen LogP contribution in [0.1, 0.15) is 61.7 Å². The second-order valence-electron chi connectivity index (χ2n) is 8.99. The van der Waals surface area contributed by atoms with E-state index in [4.69, 9.17) is 4.74 Å². The van der Waals surface area contributed by atoms with E-state index in [0.717, 1.165) is 64.7 Å². The van der Waals surface area contributed by atoms with Gasteiger partial charge in [0, 0.05) is 37.8 Å². The topological polar surface area (TPSA) is 70.2 Å². The number of hydrogen-bond acceptors (Lipinski definition) is 5. The number of amides is 1. The summed E-state index contributed by atoms with van der Waals surface area (Å²) in [6.45, 7) is 4.92. The normalized spacial score (nSPS) is 23.8. The second kappa shape index (κ2) is 9.88. The molecule has 0 radical (unpaired) electrons. The Kier molecular flexibility index (Phi) is 7.19. The Morgan fingerprint density at radius 1 is 0.968 bits per heavy atom. The number of rotatable bonds is 6. The number of ether oxygens (including phenoxy) is 1. The Morgan fingerprint density at radius 2 is 1.65 bits per heavy atom. The van der Waals surface area contributed by atoms with Gasteiger partial charge in [-0.15, -0.1) is 0 Å². The number of carbonyl (C=O) groups is 1. The molecule has 0 saturated carbocycles. The average molecular weight is 450 g/mol. The van der Waals surface area contributed by atoms with Gasteiger partial charge in [0.1, 0.15) is 10.6 Å². The minimum absolute atomic E-state index is 0.0725. The minimum Gasteiger partial charge on any atom is -0.495 e. The maximum Gasteiger partial charge on any atom is 0.254 e. The summed E-state index contributed by atoms with van der Waals surface area (Å²) in [6, 6.07) is 5.07. The average Bonchev–Trinajstić information content (AvgIpc) is 3.38. The van der Waals surface area contributed by atoms with E-state index in [0.29, 0.717) is 24.4 Å². The number of methoxy groups -OCH3 is 1. The fourth-order valence-electron chi connectivity index (χ4n) is 5.15. The predicted octanol–water partition coefficient (Wildman–Crippen LogP) is 2.96. The van der Waals surface area contributed by atoms with Gasteiger partial charge in [-0.2, -0.15) is 4.31 Å². The van der Waals surface area contributed by atoms with E-state index in [1.54, 1.807) is 16.4 Å². The molecule has 3 saturated heterocycles. The standard InChI is InChI=1S/C23H35N3O4S/c1-30-21-11-10-19(17-22(21)31(28,29)25-14-4-2-3-5-15-25)23(27)26-16-8-9-20(26)18-24-12-6-7-13-24/h10-11,17,20H,2-9,12-16,18H2,1H3. The zero-order chi connectivity index (χ0) is 21.8. The van der Waals surface area contributed by atoms with Gasteiger partial charge in [-0.1, -0.05) is 12.8 Å². The van der Waals surface area contributed by atoms with Crippen molar-refractivity contribution in [1.29, 1.82) is 0 Å². The molecule has 1 aromatic rings. The van der Waals surface area contributed by atoms with Gasteiger partial charge in [0.05, 0.1) is 7.11 Å². The van der Waals surface area contributed by atoms with Gasteiger partial charge < -0.3 is 14.5 Å². The van der Waals surface area contributed by atoms with Crippen LogP contribution in [-0.4, -0.2) is 80.9 Å². The molecule has 1 amide bonds. The molecule has 3 aliphatic rings. The highest BCUT2D eigenvalue weighted by Gasteiger charge is 2.33. The summed E-state index contributed by atoms with van der Waals surface area (Å²) in [5, 5.41) is 0. The number of carbonyl (C=O) groups excluding carboxylic acids is 1. The molecule has 3 fully saturated rings. The molecule has 0 aromatic heterocycles. The van der Waals surface area contributed by atoms with Gasteiger partial charge in [0.15, 0.2) is 0 Å². The van der Waals surface area contributed by atoms with Gasteiger partial charge in [0.2, 0.25) is 10.0 Å². The first kappa shape index (κ1) is 22.6. The van der Waals surface area contributed by atoms with Crippen molar-refractivity contribution < 1.29 is 17.9 Å². The molecular weight excluding hydrogens is 414 g/mol. The minimum atomic E-state index is -3.71. The van der Waals surface area contributed by atoms with Crippen LogP contribution in [0.4, 0.5) is 0 Å². The fourth-order valence-corrected chi connectivity index (χ4v) is 6.85. The molecule has 0 spiro atoms. The molecule has 8 heteroatoms. The van der Waals surface area contributed by atoms with Crippen LogP contribution < -0.4 is 4.74 Å². The first-order valence-electron chi connectivity index (χ1n) is 11.7. The summed E-state index contributed by atoms with van der Waals surface area (Å²) in [5.41, 5.74) is 0.433. The molecule has 0 aliphatic carbocycles. The van der Waals surface area contributed by atoms with Crippen LogP contribution in [0, 0.1) is 0 Å². The summed E-state index contributed by atoms with van der Waals surface area (Å²) in [7, 11) is -2.23. The van der Waals surface area contributed by atoms with Crippen molar-refractivity contribution in [2.24, 2.45) is 0 Å². The predicted molar refractivity (Wildman–Crippen MR) is 120 cm³/mol. The monoisotopic (exact) mass is 449 g/mol. The van der Waals surface area contributed by atoms with Gasteiger partial charge in [0.25, 0.3) is 5.91 Å².